The Morgan fingerprint density at radius 2 is 2.09 bits per heavy atom. The number of rotatable bonds is 7. The molecule has 3 aliphatic rings. The molecule has 2 N–H and O–H groups in total. The van der Waals surface area contributed by atoms with Crippen LogP contribution in [-0.2, 0) is 9.57 Å². The molecule has 0 bridgehead atoms. The van der Waals surface area contributed by atoms with Crippen molar-refractivity contribution in [3.05, 3.63) is 53.6 Å². The summed E-state index contributed by atoms with van der Waals surface area (Å²) >= 11 is 0. The molecular weight excluding hydrogens is 438 g/mol. The molecule has 178 valence electrons. The van der Waals surface area contributed by atoms with Gasteiger partial charge >= 0.3 is 6.09 Å². The van der Waals surface area contributed by atoms with Crippen LogP contribution in [0.4, 0.5) is 13.6 Å². The Balaban J connectivity index is 1.28. The van der Waals surface area contributed by atoms with Gasteiger partial charge in [-0.25, -0.2) is 13.6 Å². The zero-order valence-electron chi connectivity index (χ0n) is 17.9. The summed E-state index contributed by atoms with van der Waals surface area (Å²) in [5, 5.41) is 18.6. The van der Waals surface area contributed by atoms with Crippen molar-refractivity contribution in [3.63, 3.8) is 0 Å². The van der Waals surface area contributed by atoms with Gasteiger partial charge in [-0.3, -0.25) is 20.1 Å². The van der Waals surface area contributed by atoms with Crippen molar-refractivity contribution in [2.24, 2.45) is 0 Å². The van der Waals surface area contributed by atoms with Crippen LogP contribution in [0.1, 0.15) is 6.42 Å². The van der Waals surface area contributed by atoms with E-state index in [4.69, 9.17) is 20.1 Å². The third kappa shape index (κ3) is 5.29. The summed E-state index contributed by atoms with van der Waals surface area (Å²) in [5.74, 6) is -1.32. The zero-order chi connectivity index (χ0) is 23.4. The van der Waals surface area contributed by atoms with E-state index in [1.807, 2.05) is 0 Å². The number of aromatic nitrogens is 2. The van der Waals surface area contributed by atoms with E-state index in [0.717, 1.165) is 0 Å². The van der Waals surface area contributed by atoms with E-state index in [-0.39, 0.29) is 30.8 Å². The van der Waals surface area contributed by atoms with Gasteiger partial charge in [-0.2, -0.15) is 5.06 Å². The highest BCUT2D eigenvalue weighted by Gasteiger charge is 2.39. The fourth-order valence-electron chi connectivity index (χ4n) is 3.99. The molecule has 1 aliphatic carbocycles. The normalized spacial score (nSPS) is 24.6. The molecular formula is C21H26F2N6O4. The Bertz CT molecular complexity index is 1020. The minimum absolute atomic E-state index is 0.0749. The molecule has 1 amide bonds. The number of cyclic esters (lactones) is 1. The van der Waals surface area contributed by atoms with Crippen LogP contribution >= 0.6 is 0 Å². The van der Waals surface area contributed by atoms with Crippen LogP contribution in [0.25, 0.3) is 6.20 Å². The molecule has 3 heterocycles. The van der Waals surface area contributed by atoms with E-state index in [0.29, 0.717) is 32.8 Å². The van der Waals surface area contributed by atoms with E-state index in [1.165, 1.54) is 17.2 Å². The van der Waals surface area contributed by atoms with Crippen molar-refractivity contribution < 1.29 is 28.3 Å². The predicted octanol–water partition coefficient (Wildman–Crippen LogP) is 1.00. The Morgan fingerprint density at radius 1 is 1.30 bits per heavy atom. The van der Waals surface area contributed by atoms with E-state index in [9.17, 15) is 13.6 Å². The van der Waals surface area contributed by atoms with Crippen LogP contribution in [0.5, 0.6) is 0 Å². The van der Waals surface area contributed by atoms with Crippen molar-refractivity contribution in [1.82, 2.24) is 24.4 Å². The molecule has 33 heavy (non-hydrogen) atoms. The first-order valence-corrected chi connectivity index (χ1v) is 10.7. The second-order valence-electron chi connectivity index (χ2n) is 7.85. The highest BCUT2D eigenvalue weighted by Crippen LogP contribution is 2.34. The van der Waals surface area contributed by atoms with E-state index in [2.05, 4.69) is 4.98 Å². The number of nitrogens with zero attached hydrogens (tertiary/aromatic N) is 5. The van der Waals surface area contributed by atoms with Crippen molar-refractivity contribution in [2.75, 3.05) is 45.9 Å². The Labute approximate surface area is 189 Å². The first-order chi connectivity index (χ1) is 16.0. The average molecular weight is 464 g/mol. The van der Waals surface area contributed by atoms with Gasteiger partial charge in [-0.05, 0) is 12.2 Å². The maximum absolute atomic E-state index is 14.9. The Hall–Kier alpha value is -3.09. The molecule has 0 saturated carbocycles. The van der Waals surface area contributed by atoms with Crippen molar-refractivity contribution in [3.8, 4) is 0 Å². The lowest BCUT2D eigenvalue weighted by molar-refractivity contribution is -0.164. The molecule has 2 atom stereocenters. The minimum Gasteiger partial charge on any atom is -0.442 e. The lowest BCUT2D eigenvalue weighted by Crippen LogP contribution is -2.47. The van der Waals surface area contributed by atoms with Gasteiger partial charge in [0.2, 0.25) is 0 Å². The number of allylic oxidation sites excluding steroid dienone is 1. The number of hydroxylamine groups is 2. The summed E-state index contributed by atoms with van der Waals surface area (Å²) in [4.78, 5) is 24.4. The maximum atomic E-state index is 14.9. The van der Waals surface area contributed by atoms with E-state index in [1.54, 1.807) is 39.2 Å². The molecule has 2 fully saturated rings. The lowest BCUT2D eigenvalue weighted by atomic mass is 10.0. The molecule has 10 nitrogen and oxygen atoms in total. The van der Waals surface area contributed by atoms with Crippen LogP contribution in [0.15, 0.2) is 48.1 Å². The summed E-state index contributed by atoms with van der Waals surface area (Å²) in [6.45, 7) is 1.75. The van der Waals surface area contributed by atoms with Crippen LogP contribution in [-0.4, -0.2) is 93.7 Å². The van der Waals surface area contributed by atoms with Gasteiger partial charge in [0.25, 0.3) is 0 Å². The minimum atomic E-state index is -0.781. The topological polar surface area (TPSA) is 107 Å². The van der Waals surface area contributed by atoms with E-state index >= 15 is 0 Å². The van der Waals surface area contributed by atoms with Crippen molar-refractivity contribution in [2.45, 2.75) is 18.6 Å². The number of amides is 1. The van der Waals surface area contributed by atoms with Crippen molar-refractivity contribution >= 4 is 12.3 Å². The molecule has 12 heteroatoms. The molecule has 4 rings (SSSR count). The van der Waals surface area contributed by atoms with Crippen LogP contribution in [0, 0.1) is 5.41 Å². The lowest BCUT2D eigenvalue weighted by Gasteiger charge is -2.37. The molecule has 0 aromatic carbocycles. The number of hydrogen-bond acceptors (Lipinski definition) is 8. The van der Waals surface area contributed by atoms with Gasteiger partial charge in [0.1, 0.15) is 28.9 Å². The van der Waals surface area contributed by atoms with Gasteiger partial charge in [0, 0.05) is 51.2 Å². The van der Waals surface area contributed by atoms with Gasteiger partial charge in [-0.1, -0.05) is 0 Å². The second kappa shape index (κ2) is 10.2. The number of hydrogen-bond donors (Lipinski definition) is 2. The number of carbonyl (C=O) groups is 1. The second-order valence-corrected chi connectivity index (χ2v) is 7.85. The molecule has 2 aliphatic heterocycles. The standard InChI is InChI=1S/C21H26F2N6O4/c22-17-10-15(29-13-16(14-30)33-21(29)31)11-18(23)20(17)27-5-7-28(8-6-27)32-9-1-3-26-4-2-25-12-19(26)24/h1-4,10,12,15-16,24,30H,5-9,11,13-14H2/b3-1+,24-19?. The third-order valence-electron chi connectivity index (χ3n) is 5.68. The molecule has 2 saturated heterocycles. The van der Waals surface area contributed by atoms with Gasteiger partial charge < -0.3 is 19.3 Å². The third-order valence-corrected chi connectivity index (χ3v) is 5.68. The van der Waals surface area contributed by atoms with Gasteiger partial charge in [-0.15, -0.1) is 0 Å². The number of nitrogens with one attached hydrogen (secondary N) is 1. The van der Waals surface area contributed by atoms with Crippen LogP contribution < -0.4 is 5.49 Å². The average Bonchev–Trinajstić information content (AvgIpc) is 3.19. The summed E-state index contributed by atoms with van der Waals surface area (Å²) in [7, 11) is 0. The first kappa shape index (κ1) is 23.1. The number of ether oxygens (including phenoxy) is 1. The first-order valence-electron chi connectivity index (χ1n) is 10.7. The van der Waals surface area contributed by atoms with Gasteiger partial charge in [0.15, 0.2) is 0 Å². The number of carbonyl (C=O) groups excluding carboxylic acids is 1. The molecule has 1 aromatic heterocycles. The van der Waals surface area contributed by atoms with Crippen LogP contribution in [0.3, 0.4) is 0 Å². The largest absolute Gasteiger partial charge is 0.442 e. The fourth-order valence-corrected chi connectivity index (χ4v) is 3.99. The predicted molar refractivity (Wildman–Crippen MR) is 112 cm³/mol. The highest BCUT2D eigenvalue weighted by molar-refractivity contribution is 5.71. The Kier molecular flexibility index (Phi) is 7.16. The van der Waals surface area contributed by atoms with E-state index < -0.39 is 29.9 Å². The molecule has 2 unspecified atom stereocenters. The van der Waals surface area contributed by atoms with Crippen molar-refractivity contribution in [1.29, 1.82) is 5.41 Å². The number of halogens is 2. The van der Waals surface area contributed by atoms with Crippen LogP contribution in [0.2, 0.25) is 0 Å². The molecule has 1 aromatic rings. The molecule has 0 spiro atoms. The maximum Gasteiger partial charge on any atom is 0.410 e. The zero-order valence-corrected chi connectivity index (χ0v) is 17.9. The van der Waals surface area contributed by atoms with Gasteiger partial charge in [0.05, 0.1) is 32.0 Å². The summed E-state index contributed by atoms with van der Waals surface area (Å²) in [6, 6.07) is -0.781. The number of piperazine rings is 1. The summed E-state index contributed by atoms with van der Waals surface area (Å²) < 4.78 is 36.3. The Morgan fingerprint density at radius 3 is 2.76 bits per heavy atom. The molecule has 0 radical (unpaired) electrons. The highest BCUT2D eigenvalue weighted by atomic mass is 19.1. The number of aliphatic hydroxyl groups excluding tert-OH is 1. The quantitative estimate of drug-likeness (QED) is 0.620. The fraction of sp³-hybridized carbons (Fsp3) is 0.476. The monoisotopic (exact) mass is 464 g/mol. The summed E-state index contributed by atoms with van der Waals surface area (Å²) in [5.41, 5.74) is 0.173. The smallest absolute Gasteiger partial charge is 0.410 e. The SMILES string of the molecule is N=c1cnccn1/C=C/CON1CCN(C2=C(F)CC(N3CC(CO)OC3=O)C=C2F)CC1. The summed E-state index contributed by atoms with van der Waals surface area (Å²) in [6.07, 6.45) is 7.89. The number of aliphatic hydroxyl groups is 1.